The van der Waals surface area contributed by atoms with Crippen molar-refractivity contribution in [1.29, 1.82) is 0 Å². The van der Waals surface area contributed by atoms with Crippen LogP contribution in [0.15, 0.2) is 182 Å². The van der Waals surface area contributed by atoms with Crippen molar-refractivity contribution < 1.29 is 24.5 Å². The van der Waals surface area contributed by atoms with E-state index in [1.807, 2.05) is 48.5 Å². The summed E-state index contributed by atoms with van der Waals surface area (Å²) in [6.07, 6.45) is 3.21. The number of nitrogens with zero attached hydrogens (tertiary/aromatic N) is 2. The number of aromatic nitrogens is 4. The van der Waals surface area contributed by atoms with Gasteiger partial charge < -0.3 is 29.7 Å². The van der Waals surface area contributed by atoms with Gasteiger partial charge in [0.1, 0.15) is 34.6 Å². The van der Waals surface area contributed by atoms with Gasteiger partial charge in [-0.05, 0) is 90.4 Å². The summed E-state index contributed by atoms with van der Waals surface area (Å²) in [4.78, 5) is 32.5. The van der Waals surface area contributed by atoms with E-state index in [1.54, 1.807) is 24.3 Å². The van der Waals surface area contributed by atoms with Crippen LogP contribution >= 0.6 is 0 Å². The molecule has 0 radical (unpaired) electrons. The fraction of sp³-hybridized carbons (Fsp3) is 0.0833. The number of esters is 1. The molecule has 16 rings (SSSR count). The highest BCUT2D eigenvalue weighted by Crippen LogP contribution is 2.57. The first-order chi connectivity index (χ1) is 33.9. The molecule has 4 N–H and O–H groups in total. The van der Waals surface area contributed by atoms with E-state index in [0.29, 0.717) is 39.4 Å². The van der Waals surface area contributed by atoms with Crippen LogP contribution < -0.4 is 4.74 Å². The number of ether oxygens (including phenoxy) is 2. The highest BCUT2D eigenvalue weighted by atomic mass is 16.6. The van der Waals surface area contributed by atoms with Gasteiger partial charge in [0.2, 0.25) is 0 Å². The molecule has 0 unspecified atom stereocenters. The maximum absolute atomic E-state index is 14.2. The van der Waals surface area contributed by atoms with Crippen LogP contribution in [0.4, 0.5) is 0 Å². The highest BCUT2D eigenvalue weighted by molar-refractivity contribution is 5.99. The van der Waals surface area contributed by atoms with Crippen molar-refractivity contribution in [3.05, 3.63) is 226 Å². The van der Waals surface area contributed by atoms with E-state index in [2.05, 4.69) is 107 Å². The largest absolute Gasteiger partial charge is 0.508 e. The molecule has 1 spiro atoms. The predicted molar refractivity (Wildman–Crippen MR) is 266 cm³/mol. The lowest BCUT2D eigenvalue weighted by atomic mass is 9.77. The Morgan fingerprint density at radius 3 is 1.45 bits per heavy atom. The number of carbonyl (C=O) groups is 1. The van der Waals surface area contributed by atoms with Crippen LogP contribution in [-0.2, 0) is 36.0 Å². The maximum Gasteiger partial charge on any atom is 0.340 e. The van der Waals surface area contributed by atoms with Gasteiger partial charge in [-0.15, -0.1) is 0 Å². The molecule has 0 saturated carbocycles. The number of carbonyl (C=O) groups excluding carboxylic acids is 1. The number of benzene rings is 8. The molecule has 6 aliphatic rings. The van der Waals surface area contributed by atoms with Gasteiger partial charge in [0.15, 0.2) is 5.60 Å². The van der Waals surface area contributed by atoms with Crippen molar-refractivity contribution in [3.8, 4) is 90.8 Å². The van der Waals surface area contributed by atoms with Crippen LogP contribution in [0.25, 0.3) is 67.8 Å². The Labute approximate surface area is 397 Å². The van der Waals surface area contributed by atoms with Gasteiger partial charge in [0, 0.05) is 62.2 Å². The summed E-state index contributed by atoms with van der Waals surface area (Å²) in [7, 11) is 0. The zero-order valence-electron chi connectivity index (χ0n) is 37.2. The molecule has 8 aromatic carbocycles. The van der Waals surface area contributed by atoms with Crippen molar-refractivity contribution in [3.63, 3.8) is 0 Å². The van der Waals surface area contributed by atoms with Crippen LogP contribution in [0.3, 0.4) is 0 Å². The summed E-state index contributed by atoms with van der Waals surface area (Å²) in [5.41, 5.74) is 15.0. The number of aryl methyl sites for hydroxylation is 4. The smallest absolute Gasteiger partial charge is 0.340 e. The summed E-state index contributed by atoms with van der Waals surface area (Å²) >= 11 is 0. The second kappa shape index (κ2) is 15.8. The quantitative estimate of drug-likeness (QED) is 0.122. The lowest BCUT2D eigenvalue weighted by Crippen LogP contribution is -2.32. The van der Waals surface area contributed by atoms with Crippen molar-refractivity contribution in [2.45, 2.75) is 31.3 Å². The monoisotopic (exact) mass is 898 g/mol. The van der Waals surface area contributed by atoms with Crippen molar-refractivity contribution >= 4 is 5.97 Å². The van der Waals surface area contributed by atoms with E-state index in [1.165, 1.54) is 28.8 Å². The van der Waals surface area contributed by atoms with E-state index < -0.39 is 11.6 Å². The molecule has 0 saturated heterocycles. The highest BCUT2D eigenvalue weighted by Gasteiger charge is 2.54. The molecule has 0 amide bonds. The molecule has 4 aliphatic carbocycles. The number of phenols is 2. The fourth-order valence-corrected chi connectivity index (χ4v) is 10.5. The maximum atomic E-state index is 14.2. The van der Waals surface area contributed by atoms with E-state index in [4.69, 9.17) is 19.4 Å². The number of hydrogen-bond acceptors (Lipinski definition) is 7. The predicted octanol–water partition coefficient (Wildman–Crippen LogP) is 13.0. The Morgan fingerprint density at radius 2 is 0.928 bits per heavy atom. The summed E-state index contributed by atoms with van der Waals surface area (Å²) < 4.78 is 12.6. The van der Waals surface area contributed by atoms with Gasteiger partial charge in [-0.25, -0.2) is 14.8 Å². The Morgan fingerprint density at radius 1 is 0.449 bits per heavy atom. The molecule has 10 aromatic rings. The van der Waals surface area contributed by atoms with E-state index in [9.17, 15) is 15.0 Å². The second-order valence-corrected chi connectivity index (χ2v) is 18.0. The molecule has 332 valence electrons. The molecule has 4 bridgehead atoms. The zero-order chi connectivity index (χ0) is 46.2. The fourth-order valence-electron chi connectivity index (χ4n) is 10.5. The van der Waals surface area contributed by atoms with Gasteiger partial charge in [-0.1, -0.05) is 127 Å². The van der Waals surface area contributed by atoms with Crippen molar-refractivity contribution in [2.75, 3.05) is 0 Å². The summed E-state index contributed by atoms with van der Waals surface area (Å²) in [6.45, 7) is 0. The van der Waals surface area contributed by atoms with Crippen LogP contribution in [0.1, 0.15) is 49.3 Å². The number of fused-ring (bicyclic) bond motifs is 6. The molecule has 0 atom stereocenters. The Balaban J connectivity index is 0.902. The number of hydrogen-bond donors (Lipinski definition) is 4. The number of imidazole rings is 2. The molecule has 69 heavy (non-hydrogen) atoms. The standard InChI is InChI=1S/C60H42N4O5/c65-43-25-28-49-51(33-43)68-52-34-44(66)26-29-50(52)60(49)48-27-24-42(32-47(48)59(67)69-60)56-55(41-14-8-3-9-15-41)63-58(64-56)46-31-36-17-16-35-18-20-37(22-23-38(46)21-19-36)45(30-35)57-61-53(39-10-4-1-5-11-39)54(62-57)40-12-6-2-7-13-40/h1-15,18-21,24-34,65-66H,16-17,22-23H2,(H,61,62)(H,63,64). The van der Waals surface area contributed by atoms with Crippen LogP contribution in [-0.4, -0.2) is 36.1 Å². The molecular formula is C60H42N4O5. The zero-order valence-corrected chi connectivity index (χ0v) is 37.2. The van der Waals surface area contributed by atoms with Crippen molar-refractivity contribution in [2.24, 2.45) is 0 Å². The number of nitrogens with one attached hydrogen (secondary N) is 2. The summed E-state index contributed by atoms with van der Waals surface area (Å²) in [6, 6.07) is 59.9. The van der Waals surface area contributed by atoms with Gasteiger partial charge in [0.05, 0.1) is 28.3 Å². The molecule has 2 aliphatic heterocycles. The first-order valence-corrected chi connectivity index (χ1v) is 23.2. The third-order valence-corrected chi connectivity index (χ3v) is 13.9. The van der Waals surface area contributed by atoms with E-state index >= 15 is 0 Å². The number of rotatable bonds is 6. The SMILES string of the molecule is O=C1OC2(c3ccc(O)cc3Oc3cc(O)ccc32)c2ccc(-c3nc(-c4cc5ccc4CCc4ccc(cc4-c4nc(-c6ccccc6)c(-c6ccccc6)[nH]4)CC5)[nH]c3-c3ccccc3)cc21. The van der Waals surface area contributed by atoms with Crippen LogP contribution in [0.2, 0.25) is 0 Å². The van der Waals surface area contributed by atoms with Crippen LogP contribution in [0, 0.1) is 0 Å². The van der Waals surface area contributed by atoms with Gasteiger partial charge >= 0.3 is 5.97 Å². The number of phenolic OH excluding ortho intramolecular Hbond substituents is 2. The topological polar surface area (TPSA) is 133 Å². The number of aromatic amines is 2. The lowest BCUT2D eigenvalue weighted by Gasteiger charge is -2.36. The van der Waals surface area contributed by atoms with E-state index in [0.717, 1.165) is 93.4 Å². The number of H-pyrrole nitrogens is 2. The third-order valence-electron chi connectivity index (χ3n) is 13.9. The average molecular weight is 899 g/mol. The normalized spacial score (nSPS) is 14.1. The molecule has 2 aromatic heterocycles. The lowest BCUT2D eigenvalue weighted by molar-refractivity contribution is 0.0224. The second-order valence-electron chi connectivity index (χ2n) is 18.0. The molecule has 0 fully saturated rings. The van der Waals surface area contributed by atoms with Gasteiger partial charge in [-0.2, -0.15) is 0 Å². The minimum Gasteiger partial charge on any atom is -0.508 e. The van der Waals surface area contributed by atoms with Gasteiger partial charge in [0.25, 0.3) is 0 Å². The molecular weight excluding hydrogens is 857 g/mol. The first kappa shape index (κ1) is 40.3. The average Bonchev–Trinajstić information content (AvgIpc) is 4.11. The summed E-state index contributed by atoms with van der Waals surface area (Å²) in [5.74, 6) is 1.74. The third kappa shape index (κ3) is 6.73. The molecule has 4 heterocycles. The molecule has 9 nitrogen and oxygen atoms in total. The van der Waals surface area contributed by atoms with Crippen molar-refractivity contribution in [1.82, 2.24) is 19.9 Å². The Hall–Kier alpha value is -8.95. The van der Waals surface area contributed by atoms with E-state index in [-0.39, 0.29) is 11.5 Å². The first-order valence-electron chi connectivity index (χ1n) is 23.2. The minimum absolute atomic E-state index is 0.000437. The summed E-state index contributed by atoms with van der Waals surface area (Å²) in [5, 5.41) is 20.9. The van der Waals surface area contributed by atoms with Gasteiger partial charge in [-0.3, -0.25) is 0 Å². The molecule has 9 heteroatoms. The minimum atomic E-state index is -1.38. The number of aromatic hydroxyl groups is 2. The Kier molecular flexibility index (Phi) is 9.26. The Bertz CT molecular complexity index is 3560. The van der Waals surface area contributed by atoms with Crippen LogP contribution in [0.5, 0.6) is 23.0 Å².